The molecule has 1 aromatic carbocycles. The molecule has 2 aliphatic rings. The Hall–Kier alpha value is -2.59. The molecule has 0 aliphatic carbocycles. The maximum atomic E-state index is 12.9. The van der Waals surface area contributed by atoms with Crippen LogP contribution < -0.4 is 9.64 Å². The van der Waals surface area contributed by atoms with Crippen molar-refractivity contribution in [3.8, 4) is 5.75 Å². The van der Waals surface area contributed by atoms with Crippen molar-refractivity contribution in [3.05, 3.63) is 36.8 Å². The van der Waals surface area contributed by atoms with E-state index in [-0.39, 0.29) is 17.5 Å². The number of hydrogen-bond donors (Lipinski definition) is 0. The molecule has 3 heterocycles. The highest BCUT2D eigenvalue weighted by atomic mass is 32.2. The van der Waals surface area contributed by atoms with Crippen LogP contribution in [-0.4, -0.2) is 79.5 Å². The number of nitrogens with zero attached hydrogens (tertiary/aromatic N) is 5. The van der Waals surface area contributed by atoms with Crippen LogP contribution in [0.2, 0.25) is 0 Å². The summed E-state index contributed by atoms with van der Waals surface area (Å²) in [4.78, 5) is 20.9. The Kier molecular flexibility index (Phi) is 6.71. The predicted octanol–water partition coefficient (Wildman–Crippen LogP) is 1.66. The van der Waals surface area contributed by atoms with Crippen LogP contribution in [0.4, 0.5) is 5.69 Å². The summed E-state index contributed by atoms with van der Waals surface area (Å²) in [6.07, 6.45) is 4.63. The molecule has 32 heavy (non-hydrogen) atoms. The van der Waals surface area contributed by atoms with Gasteiger partial charge in [-0.15, -0.1) is 0 Å². The summed E-state index contributed by atoms with van der Waals surface area (Å²) in [5.74, 6) is 1.32. The minimum Gasteiger partial charge on any atom is -0.497 e. The molecule has 2 saturated heterocycles. The summed E-state index contributed by atoms with van der Waals surface area (Å²) < 4.78 is 34.1. The van der Waals surface area contributed by atoms with E-state index in [1.807, 2.05) is 29.2 Å². The maximum Gasteiger partial charge on any atom is 0.262 e. The monoisotopic (exact) mass is 461 g/mol. The third-order valence-corrected chi connectivity index (χ3v) is 8.11. The molecule has 2 aliphatic heterocycles. The number of benzene rings is 1. The molecule has 1 aromatic heterocycles. The third kappa shape index (κ3) is 4.91. The molecule has 0 saturated carbocycles. The molecular weight excluding hydrogens is 430 g/mol. The Morgan fingerprint density at radius 2 is 1.84 bits per heavy atom. The number of rotatable bonds is 6. The highest BCUT2D eigenvalue weighted by Gasteiger charge is 2.30. The first-order valence-corrected chi connectivity index (χ1v) is 12.5. The molecule has 2 fully saturated rings. The largest absolute Gasteiger partial charge is 0.497 e. The number of amides is 1. The number of anilines is 1. The summed E-state index contributed by atoms with van der Waals surface area (Å²) in [7, 11) is -1.96. The number of aromatic nitrogens is 2. The van der Waals surface area contributed by atoms with Gasteiger partial charge in [0.15, 0.2) is 5.03 Å². The lowest BCUT2D eigenvalue weighted by molar-refractivity contribution is -0.132. The van der Waals surface area contributed by atoms with E-state index in [9.17, 15) is 13.2 Å². The Labute approximate surface area is 189 Å². The zero-order chi connectivity index (χ0) is 22.7. The number of hydrogen-bond acceptors (Lipinski definition) is 6. The van der Waals surface area contributed by atoms with Gasteiger partial charge in [0, 0.05) is 57.2 Å². The number of piperidine rings is 1. The van der Waals surface area contributed by atoms with Crippen LogP contribution in [0.25, 0.3) is 0 Å². The first-order valence-electron chi connectivity index (χ1n) is 11.1. The predicted molar refractivity (Wildman–Crippen MR) is 121 cm³/mol. The summed E-state index contributed by atoms with van der Waals surface area (Å²) in [5, 5.41) is 0.0164. The average Bonchev–Trinajstić information content (AvgIpc) is 3.29. The summed E-state index contributed by atoms with van der Waals surface area (Å²) in [5.41, 5.74) is 1.08. The standard InChI is InChI=1S/C22H31N5O4S/c1-18-6-8-27(9-7-18)32(29,30)21-15-24(17-23-21)16-22(28)26-12-10-25(11-13-26)19-4-3-5-20(14-19)31-2/h3-5,14-15,17-18H,6-13,16H2,1-2H3. The lowest BCUT2D eigenvalue weighted by Crippen LogP contribution is -2.49. The van der Waals surface area contributed by atoms with Crippen LogP contribution in [0, 0.1) is 5.92 Å². The van der Waals surface area contributed by atoms with Gasteiger partial charge in [0.2, 0.25) is 5.91 Å². The van der Waals surface area contributed by atoms with E-state index in [4.69, 9.17) is 4.74 Å². The Bertz CT molecular complexity index is 1040. The first-order chi connectivity index (χ1) is 15.4. The smallest absolute Gasteiger partial charge is 0.262 e. The lowest BCUT2D eigenvalue weighted by Gasteiger charge is -2.36. The van der Waals surface area contributed by atoms with Gasteiger partial charge in [-0.1, -0.05) is 13.0 Å². The van der Waals surface area contributed by atoms with Crippen molar-refractivity contribution >= 4 is 21.6 Å². The molecule has 0 spiro atoms. The normalized spacial score (nSPS) is 18.7. The van der Waals surface area contributed by atoms with Gasteiger partial charge in [-0.2, -0.15) is 4.31 Å². The second kappa shape index (κ2) is 9.50. The maximum absolute atomic E-state index is 12.9. The van der Waals surface area contributed by atoms with Crippen molar-refractivity contribution in [2.45, 2.75) is 31.3 Å². The quantitative estimate of drug-likeness (QED) is 0.650. The fraction of sp³-hybridized carbons (Fsp3) is 0.545. The number of ether oxygens (including phenoxy) is 1. The molecule has 174 valence electrons. The zero-order valence-corrected chi connectivity index (χ0v) is 19.5. The van der Waals surface area contributed by atoms with Crippen LogP contribution in [0.1, 0.15) is 19.8 Å². The second-order valence-corrected chi connectivity index (χ2v) is 10.4. The summed E-state index contributed by atoms with van der Waals surface area (Å²) in [6, 6.07) is 7.90. The van der Waals surface area contributed by atoms with Crippen molar-refractivity contribution < 1.29 is 17.9 Å². The van der Waals surface area contributed by atoms with Crippen molar-refractivity contribution in [1.82, 2.24) is 18.8 Å². The van der Waals surface area contributed by atoms with Crippen LogP contribution in [-0.2, 0) is 21.4 Å². The van der Waals surface area contributed by atoms with Crippen LogP contribution in [0.3, 0.4) is 0 Å². The van der Waals surface area contributed by atoms with E-state index in [1.165, 1.54) is 16.8 Å². The van der Waals surface area contributed by atoms with Gasteiger partial charge in [0.05, 0.1) is 13.4 Å². The molecule has 9 nitrogen and oxygen atoms in total. The van der Waals surface area contributed by atoms with E-state index in [1.54, 1.807) is 11.7 Å². The minimum absolute atomic E-state index is 0.0164. The number of sulfonamides is 1. The van der Waals surface area contributed by atoms with Crippen LogP contribution >= 0.6 is 0 Å². The van der Waals surface area contributed by atoms with Gasteiger partial charge in [0.25, 0.3) is 10.0 Å². The van der Waals surface area contributed by atoms with Gasteiger partial charge >= 0.3 is 0 Å². The summed E-state index contributed by atoms with van der Waals surface area (Å²) >= 11 is 0. The topological polar surface area (TPSA) is 88.0 Å². The molecule has 0 unspecified atom stereocenters. The number of imidazole rings is 1. The highest BCUT2D eigenvalue weighted by molar-refractivity contribution is 7.89. The minimum atomic E-state index is -3.61. The molecule has 0 atom stereocenters. The lowest BCUT2D eigenvalue weighted by atomic mass is 10.0. The molecule has 2 aromatic rings. The molecule has 4 rings (SSSR count). The zero-order valence-electron chi connectivity index (χ0n) is 18.7. The van der Waals surface area contributed by atoms with Gasteiger partial charge in [-0.25, -0.2) is 13.4 Å². The van der Waals surface area contributed by atoms with E-state index in [2.05, 4.69) is 16.8 Å². The molecule has 1 amide bonds. The number of methoxy groups -OCH3 is 1. The van der Waals surface area contributed by atoms with Gasteiger partial charge < -0.3 is 19.1 Å². The number of piperazine rings is 1. The van der Waals surface area contributed by atoms with Crippen molar-refractivity contribution in [2.75, 3.05) is 51.3 Å². The Balaban J connectivity index is 1.33. The molecule has 0 N–H and O–H groups in total. The molecule has 0 radical (unpaired) electrons. The molecule has 10 heteroatoms. The second-order valence-electron chi connectivity index (χ2n) is 8.54. The Morgan fingerprint density at radius 1 is 1.12 bits per heavy atom. The Morgan fingerprint density at radius 3 is 2.53 bits per heavy atom. The number of carbonyl (C=O) groups is 1. The van der Waals surface area contributed by atoms with Gasteiger partial charge in [0.1, 0.15) is 12.3 Å². The van der Waals surface area contributed by atoms with Crippen molar-refractivity contribution in [2.24, 2.45) is 5.92 Å². The van der Waals surface area contributed by atoms with Gasteiger partial charge in [-0.05, 0) is 30.9 Å². The first kappa shape index (κ1) is 22.6. The SMILES string of the molecule is COc1cccc(N2CCN(C(=O)Cn3cnc(S(=O)(=O)N4CCC(C)CC4)c3)CC2)c1. The fourth-order valence-electron chi connectivity index (χ4n) is 4.19. The van der Waals surface area contributed by atoms with E-state index >= 15 is 0 Å². The van der Waals surface area contributed by atoms with Gasteiger partial charge in [-0.3, -0.25) is 4.79 Å². The van der Waals surface area contributed by atoms with Crippen LogP contribution in [0.5, 0.6) is 5.75 Å². The van der Waals surface area contributed by atoms with Crippen LogP contribution in [0.15, 0.2) is 41.8 Å². The average molecular weight is 462 g/mol. The highest BCUT2D eigenvalue weighted by Crippen LogP contribution is 2.23. The number of carbonyl (C=O) groups excluding carboxylic acids is 1. The van der Waals surface area contributed by atoms with Crippen molar-refractivity contribution in [1.29, 1.82) is 0 Å². The fourth-order valence-corrected chi connectivity index (χ4v) is 5.60. The van der Waals surface area contributed by atoms with E-state index in [0.29, 0.717) is 32.1 Å². The summed E-state index contributed by atoms with van der Waals surface area (Å²) in [6.45, 7) is 5.95. The molecular formula is C22H31N5O4S. The molecule has 0 bridgehead atoms. The third-order valence-electron chi connectivity index (χ3n) is 6.33. The van der Waals surface area contributed by atoms with Crippen molar-refractivity contribution in [3.63, 3.8) is 0 Å². The van der Waals surface area contributed by atoms with E-state index in [0.717, 1.165) is 37.4 Å². The van der Waals surface area contributed by atoms with E-state index < -0.39 is 10.0 Å².